The number of hydrogen-bond acceptors (Lipinski definition) is 4. The van der Waals surface area contributed by atoms with Crippen molar-refractivity contribution in [2.75, 3.05) is 5.32 Å². The van der Waals surface area contributed by atoms with E-state index >= 15 is 0 Å². The lowest BCUT2D eigenvalue weighted by molar-refractivity contribution is -0.116. The highest BCUT2D eigenvalue weighted by molar-refractivity contribution is 5.99. The molecule has 1 aliphatic rings. The number of pyridine rings is 1. The van der Waals surface area contributed by atoms with Crippen molar-refractivity contribution in [2.24, 2.45) is 0 Å². The number of fused-ring (bicyclic) bond motifs is 3. The molecule has 4 aromatic rings. The van der Waals surface area contributed by atoms with Crippen molar-refractivity contribution in [3.8, 4) is 5.69 Å². The maximum absolute atomic E-state index is 13.2. The molecule has 1 amide bonds. The molecule has 1 aliphatic heterocycles. The van der Waals surface area contributed by atoms with Gasteiger partial charge >= 0.3 is 0 Å². The molecule has 2 aromatic carbocycles. The smallest absolute Gasteiger partial charge is 0.225 e. The zero-order valence-electron chi connectivity index (χ0n) is 14.1. The van der Waals surface area contributed by atoms with Gasteiger partial charge in [0.2, 0.25) is 5.91 Å². The fourth-order valence-corrected chi connectivity index (χ4v) is 3.51. The van der Waals surface area contributed by atoms with Gasteiger partial charge in [-0.15, -0.1) is 10.2 Å². The van der Waals surface area contributed by atoms with Crippen molar-refractivity contribution < 1.29 is 9.18 Å². The largest absolute Gasteiger partial charge is 0.326 e. The van der Waals surface area contributed by atoms with E-state index in [9.17, 15) is 9.18 Å². The second-order valence-electron chi connectivity index (χ2n) is 6.45. The Hall–Kier alpha value is -3.61. The lowest BCUT2D eigenvalue weighted by atomic mass is 9.85. The van der Waals surface area contributed by atoms with E-state index in [0.29, 0.717) is 23.1 Å². The molecule has 1 N–H and O–H groups in total. The highest BCUT2D eigenvalue weighted by Crippen LogP contribution is 2.40. The van der Waals surface area contributed by atoms with E-state index in [0.717, 1.165) is 16.8 Å². The van der Waals surface area contributed by atoms with Crippen LogP contribution in [0.5, 0.6) is 0 Å². The van der Waals surface area contributed by atoms with Gasteiger partial charge in [0.15, 0.2) is 0 Å². The molecule has 2 aromatic heterocycles. The lowest BCUT2D eigenvalue weighted by Crippen LogP contribution is -2.23. The molecule has 0 radical (unpaired) electrons. The number of carbonyl (C=O) groups is 1. The summed E-state index contributed by atoms with van der Waals surface area (Å²) in [5, 5.41) is 12.1. The summed E-state index contributed by atoms with van der Waals surface area (Å²) in [4.78, 5) is 17.9. The Morgan fingerprint density at radius 1 is 1.07 bits per heavy atom. The van der Waals surface area contributed by atoms with Crippen molar-refractivity contribution >= 4 is 22.6 Å². The van der Waals surface area contributed by atoms with Crippen LogP contribution in [0.4, 0.5) is 10.1 Å². The van der Waals surface area contributed by atoms with E-state index in [1.54, 1.807) is 24.5 Å². The molecule has 1 atom stereocenters. The molecule has 0 saturated heterocycles. The number of carbonyl (C=O) groups excluding carboxylic acids is 1. The summed E-state index contributed by atoms with van der Waals surface area (Å²) < 4.78 is 13.2. The molecule has 3 heterocycles. The zero-order valence-corrected chi connectivity index (χ0v) is 14.1. The van der Waals surface area contributed by atoms with Gasteiger partial charge in [0.1, 0.15) is 16.9 Å². The topological polar surface area (TPSA) is 72.7 Å². The standard InChI is InChI=1S/C20H14FN5O/c21-13-3-5-14(6-4-13)26-24-17-8-7-16-19(20(17)25-26)15(10-18(27)23-16)12-2-1-9-22-11-12/h1-9,11,15H,10H2,(H,23,27)/t15-/m1/s1. The summed E-state index contributed by atoms with van der Waals surface area (Å²) in [7, 11) is 0. The molecule has 132 valence electrons. The predicted octanol–water partition coefficient (Wildman–Crippen LogP) is 3.43. The third-order valence-corrected chi connectivity index (χ3v) is 4.75. The molecule has 0 saturated carbocycles. The van der Waals surface area contributed by atoms with E-state index in [1.165, 1.54) is 16.9 Å². The van der Waals surface area contributed by atoms with E-state index in [4.69, 9.17) is 0 Å². The average molecular weight is 359 g/mol. The van der Waals surface area contributed by atoms with Crippen LogP contribution in [0.15, 0.2) is 60.9 Å². The van der Waals surface area contributed by atoms with Crippen LogP contribution < -0.4 is 5.32 Å². The Balaban J connectivity index is 1.71. The Morgan fingerprint density at radius 3 is 2.70 bits per heavy atom. The quantitative estimate of drug-likeness (QED) is 0.595. The summed E-state index contributed by atoms with van der Waals surface area (Å²) in [6.07, 6.45) is 3.80. The highest BCUT2D eigenvalue weighted by atomic mass is 19.1. The number of nitrogens with one attached hydrogen (secondary N) is 1. The van der Waals surface area contributed by atoms with Crippen molar-refractivity contribution in [1.29, 1.82) is 0 Å². The fraction of sp³-hybridized carbons (Fsp3) is 0.100. The number of halogens is 1. The van der Waals surface area contributed by atoms with E-state index in [-0.39, 0.29) is 17.6 Å². The number of anilines is 1. The molecule has 27 heavy (non-hydrogen) atoms. The Morgan fingerprint density at radius 2 is 1.93 bits per heavy atom. The molecule has 6 nitrogen and oxygen atoms in total. The fourth-order valence-electron chi connectivity index (χ4n) is 3.51. The van der Waals surface area contributed by atoms with Crippen LogP contribution in [0.3, 0.4) is 0 Å². The number of hydrogen-bond donors (Lipinski definition) is 1. The Bertz CT molecular complexity index is 1150. The maximum atomic E-state index is 13.2. The normalized spacial score (nSPS) is 16.2. The molecule has 0 unspecified atom stereocenters. The van der Waals surface area contributed by atoms with Crippen molar-refractivity contribution in [3.63, 3.8) is 0 Å². The predicted molar refractivity (Wildman–Crippen MR) is 98.1 cm³/mol. The molecular weight excluding hydrogens is 345 g/mol. The van der Waals surface area contributed by atoms with Gasteiger partial charge in [0.25, 0.3) is 0 Å². The first-order chi connectivity index (χ1) is 13.2. The van der Waals surface area contributed by atoms with Crippen LogP contribution in [-0.2, 0) is 4.79 Å². The third kappa shape index (κ3) is 2.64. The first-order valence-electron chi connectivity index (χ1n) is 8.55. The second kappa shape index (κ2) is 5.98. The van der Waals surface area contributed by atoms with Crippen molar-refractivity contribution in [1.82, 2.24) is 20.0 Å². The molecule has 7 heteroatoms. The van der Waals surface area contributed by atoms with Gasteiger partial charge in [0, 0.05) is 36.0 Å². The number of aromatic nitrogens is 4. The maximum Gasteiger partial charge on any atom is 0.225 e. The van der Waals surface area contributed by atoms with Crippen LogP contribution in [0, 0.1) is 5.82 Å². The van der Waals surface area contributed by atoms with Crippen molar-refractivity contribution in [2.45, 2.75) is 12.3 Å². The van der Waals surface area contributed by atoms with Crippen molar-refractivity contribution in [3.05, 3.63) is 77.9 Å². The monoisotopic (exact) mass is 359 g/mol. The summed E-state index contributed by atoms with van der Waals surface area (Å²) in [6, 6.07) is 13.5. The van der Waals surface area contributed by atoms with Gasteiger partial charge < -0.3 is 5.32 Å². The van der Waals surface area contributed by atoms with E-state index in [2.05, 4.69) is 20.5 Å². The Labute approximate surface area is 153 Å². The molecular formula is C20H14FN5O. The summed E-state index contributed by atoms with van der Waals surface area (Å²) >= 11 is 0. The van der Waals surface area contributed by atoms with Gasteiger partial charge in [-0.3, -0.25) is 9.78 Å². The lowest BCUT2D eigenvalue weighted by Gasteiger charge is -2.25. The van der Waals surface area contributed by atoms with Crippen LogP contribution in [-0.4, -0.2) is 25.9 Å². The van der Waals surface area contributed by atoms with Crippen LogP contribution in [0.25, 0.3) is 16.7 Å². The van der Waals surface area contributed by atoms with E-state index in [1.807, 2.05) is 24.3 Å². The first-order valence-corrected chi connectivity index (χ1v) is 8.55. The molecule has 0 spiro atoms. The minimum absolute atomic E-state index is 0.0402. The highest BCUT2D eigenvalue weighted by Gasteiger charge is 2.30. The van der Waals surface area contributed by atoms with Gasteiger partial charge in [0.05, 0.1) is 5.69 Å². The number of benzene rings is 2. The number of rotatable bonds is 2. The van der Waals surface area contributed by atoms with Gasteiger partial charge in [-0.2, -0.15) is 4.80 Å². The number of amides is 1. The molecule has 0 fully saturated rings. The Kier molecular flexibility index (Phi) is 3.46. The SMILES string of the molecule is O=C1C[C@H](c2cccnc2)c2c(ccc3nn(-c4ccc(F)cc4)nc23)N1. The summed E-state index contributed by atoms with van der Waals surface area (Å²) in [5.74, 6) is -0.502. The molecule has 0 bridgehead atoms. The minimum atomic E-state index is -0.313. The first kappa shape index (κ1) is 15.6. The van der Waals surface area contributed by atoms with Gasteiger partial charge in [-0.25, -0.2) is 4.39 Å². The second-order valence-corrected chi connectivity index (χ2v) is 6.45. The minimum Gasteiger partial charge on any atom is -0.326 e. The summed E-state index contributed by atoms with van der Waals surface area (Å²) in [5.41, 5.74) is 4.71. The summed E-state index contributed by atoms with van der Waals surface area (Å²) in [6.45, 7) is 0. The van der Waals surface area contributed by atoms with Crippen LogP contribution in [0.1, 0.15) is 23.5 Å². The van der Waals surface area contributed by atoms with E-state index < -0.39 is 0 Å². The molecule has 0 aliphatic carbocycles. The van der Waals surface area contributed by atoms with Gasteiger partial charge in [-0.05, 0) is 48.0 Å². The van der Waals surface area contributed by atoms with Crippen LogP contribution in [0.2, 0.25) is 0 Å². The van der Waals surface area contributed by atoms with Crippen LogP contribution >= 0.6 is 0 Å². The number of nitrogens with zero attached hydrogens (tertiary/aromatic N) is 4. The third-order valence-electron chi connectivity index (χ3n) is 4.75. The average Bonchev–Trinajstić information content (AvgIpc) is 3.13. The zero-order chi connectivity index (χ0) is 18.4. The van der Waals surface area contributed by atoms with Gasteiger partial charge in [-0.1, -0.05) is 6.07 Å². The molecule has 5 rings (SSSR count).